The number of alkyl halides is 7. The Morgan fingerprint density at radius 3 is 1.76 bits per heavy atom. The minimum atomic E-state index is -5.81. The fourth-order valence-corrected chi connectivity index (χ4v) is 2.34. The van der Waals surface area contributed by atoms with Crippen molar-refractivity contribution < 1.29 is 35.8 Å². The van der Waals surface area contributed by atoms with Gasteiger partial charge in [0, 0.05) is 0 Å². The molecule has 0 spiro atoms. The van der Waals surface area contributed by atoms with E-state index in [1.165, 1.54) is 0 Å². The van der Waals surface area contributed by atoms with E-state index in [0.29, 0.717) is 6.92 Å². The molecule has 0 aliphatic heterocycles. The van der Waals surface area contributed by atoms with Crippen molar-refractivity contribution in [3.05, 3.63) is 0 Å². The maximum Gasteiger partial charge on any atom is 0.423 e. The summed E-state index contributed by atoms with van der Waals surface area (Å²) in [6.45, 7) is 1.22. The second kappa shape index (κ2) is 3.49. The molecule has 0 aromatic carbocycles. The Kier molecular flexibility index (Phi) is 2.98. The molecule has 102 valence electrons. The van der Waals surface area contributed by atoms with E-state index in [-0.39, 0.29) is 0 Å². The van der Waals surface area contributed by atoms with Crippen LogP contribution in [0.4, 0.5) is 30.7 Å². The zero-order valence-electron chi connectivity index (χ0n) is 8.95. The fourth-order valence-electron chi connectivity index (χ4n) is 2.34. The lowest BCUT2D eigenvalue weighted by Gasteiger charge is -2.36. The van der Waals surface area contributed by atoms with Gasteiger partial charge < -0.3 is 5.11 Å². The van der Waals surface area contributed by atoms with Gasteiger partial charge in [-0.3, -0.25) is 0 Å². The molecular formula is C9H11F7O. The molecule has 1 aliphatic carbocycles. The highest BCUT2D eigenvalue weighted by Gasteiger charge is 2.85. The van der Waals surface area contributed by atoms with Crippen LogP contribution < -0.4 is 0 Å². The van der Waals surface area contributed by atoms with Crippen LogP contribution in [-0.4, -0.2) is 28.7 Å². The summed E-state index contributed by atoms with van der Waals surface area (Å²) in [4.78, 5) is 0. The van der Waals surface area contributed by atoms with Crippen LogP contribution in [0.2, 0.25) is 0 Å². The molecule has 3 unspecified atom stereocenters. The van der Waals surface area contributed by atoms with Crippen LogP contribution in [0.25, 0.3) is 0 Å². The van der Waals surface area contributed by atoms with Gasteiger partial charge in [-0.2, -0.15) is 13.2 Å². The molecule has 8 heteroatoms. The van der Waals surface area contributed by atoms with Crippen molar-refractivity contribution >= 4 is 0 Å². The second-order valence-electron chi connectivity index (χ2n) is 4.24. The van der Waals surface area contributed by atoms with E-state index in [4.69, 9.17) is 5.11 Å². The smallest absolute Gasteiger partial charge is 0.375 e. The summed E-state index contributed by atoms with van der Waals surface area (Å²) >= 11 is 0. The monoisotopic (exact) mass is 268 g/mol. The summed E-state index contributed by atoms with van der Waals surface area (Å²) in [6.07, 6.45) is -6.71. The van der Waals surface area contributed by atoms with Crippen LogP contribution >= 0.6 is 0 Å². The van der Waals surface area contributed by atoms with E-state index in [1.54, 1.807) is 0 Å². The van der Waals surface area contributed by atoms with Gasteiger partial charge in [0.1, 0.15) is 0 Å². The number of aliphatic hydroxyl groups is 1. The van der Waals surface area contributed by atoms with Crippen LogP contribution in [0.3, 0.4) is 0 Å². The maximum atomic E-state index is 13.4. The van der Waals surface area contributed by atoms with Gasteiger partial charge in [-0.15, -0.1) is 0 Å². The second-order valence-corrected chi connectivity index (χ2v) is 4.24. The van der Waals surface area contributed by atoms with Gasteiger partial charge in [0.05, 0.1) is 11.8 Å². The van der Waals surface area contributed by atoms with E-state index in [2.05, 4.69) is 0 Å². The summed E-state index contributed by atoms with van der Waals surface area (Å²) in [6, 6.07) is 0. The summed E-state index contributed by atoms with van der Waals surface area (Å²) in [5.74, 6) is -14.9. The summed E-state index contributed by atoms with van der Waals surface area (Å²) < 4.78 is 91.1. The summed E-state index contributed by atoms with van der Waals surface area (Å²) in [7, 11) is 0. The lowest BCUT2D eigenvalue weighted by molar-refractivity contribution is -0.340. The van der Waals surface area contributed by atoms with Crippen molar-refractivity contribution in [2.75, 3.05) is 0 Å². The van der Waals surface area contributed by atoms with Crippen molar-refractivity contribution in [2.45, 2.75) is 43.9 Å². The first-order valence-corrected chi connectivity index (χ1v) is 4.89. The Bertz CT molecular complexity index is 311. The summed E-state index contributed by atoms with van der Waals surface area (Å²) in [5.41, 5.74) is -4.68. The normalized spacial score (nSPS) is 40.6. The molecule has 0 saturated heterocycles. The molecule has 1 nitrogen and oxygen atoms in total. The van der Waals surface area contributed by atoms with Gasteiger partial charge in [-0.25, -0.2) is 17.6 Å². The predicted octanol–water partition coefficient (Wildman–Crippen LogP) is 3.23. The zero-order chi connectivity index (χ0) is 13.9. The van der Waals surface area contributed by atoms with Gasteiger partial charge in [0.25, 0.3) is 11.8 Å². The minimum absolute atomic E-state index is 0.312. The van der Waals surface area contributed by atoms with Crippen LogP contribution in [0.15, 0.2) is 0 Å². The third-order valence-electron chi connectivity index (χ3n) is 3.44. The van der Waals surface area contributed by atoms with Gasteiger partial charge in [0.15, 0.2) is 0 Å². The van der Waals surface area contributed by atoms with Crippen LogP contribution in [-0.2, 0) is 0 Å². The highest BCUT2D eigenvalue weighted by Crippen LogP contribution is 2.64. The first-order chi connectivity index (χ1) is 7.35. The Morgan fingerprint density at radius 2 is 1.53 bits per heavy atom. The molecule has 1 rings (SSSR count). The van der Waals surface area contributed by atoms with E-state index in [9.17, 15) is 30.7 Å². The van der Waals surface area contributed by atoms with E-state index in [1.807, 2.05) is 0 Å². The molecule has 0 heterocycles. The van der Waals surface area contributed by atoms with Crippen molar-refractivity contribution in [2.24, 2.45) is 11.8 Å². The lowest BCUT2D eigenvalue weighted by atomic mass is 9.85. The average Bonchev–Trinajstić information content (AvgIpc) is 2.23. The molecule has 1 aliphatic rings. The Labute approximate surface area is 92.6 Å². The van der Waals surface area contributed by atoms with Crippen molar-refractivity contribution in [1.29, 1.82) is 0 Å². The third-order valence-corrected chi connectivity index (χ3v) is 3.44. The van der Waals surface area contributed by atoms with Crippen LogP contribution in [0.1, 0.15) is 20.3 Å². The van der Waals surface area contributed by atoms with Crippen molar-refractivity contribution in [3.8, 4) is 0 Å². The standard InChI is InChI=1S/C9H11F7O/c1-3-5-6(10,11)4(2)8(12,13)7(5,17)9(14,15)16/h4-5,17H,3H2,1-2H3. The van der Waals surface area contributed by atoms with E-state index >= 15 is 0 Å². The SMILES string of the molecule is CCC1C(F)(F)C(C)C(F)(F)C1(O)C(F)(F)F. The van der Waals surface area contributed by atoms with Gasteiger partial charge in [-0.1, -0.05) is 13.8 Å². The quantitative estimate of drug-likeness (QED) is 0.724. The van der Waals surface area contributed by atoms with Crippen LogP contribution in [0.5, 0.6) is 0 Å². The van der Waals surface area contributed by atoms with Gasteiger partial charge in [-0.05, 0) is 6.42 Å². The number of hydrogen-bond acceptors (Lipinski definition) is 1. The van der Waals surface area contributed by atoms with Crippen molar-refractivity contribution in [1.82, 2.24) is 0 Å². The lowest BCUT2D eigenvalue weighted by Crippen LogP contribution is -2.60. The molecule has 17 heavy (non-hydrogen) atoms. The largest absolute Gasteiger partial charge is 0.423 e. The molecule has 0 aromatic rings. The van der Waals surface area contributed by atoms with Gasteiger partial charge in [0.2, 0.25) is 5.60 Å². The predicted molar refractivity (Wildman–Crippen MR) is 43.8 cm³/mol. The first-order valence-electron chi connectivity index (χ1n) is 4.89. The molecule has 1 saturated carbocycles. The zero-order valence-corrected chi connectivity index (χ0v) is 8.95. The Morgan fingerprint density at radius 1 is 1.12 bits per heavy atom. The Balaban J connectivity index is 3.47. The molecule has 0 radical (unpaired) electrons. The van der Waals surface area contributed by atoms with Gasteiger partial charge >= 0.3 is 6.18 Å². The van der Waals surface area contributed by atoms with Crippen molar-refractivity contribution in [3.63, 3.8) is 0 Å². The van der Waals surface area contributed by atoms with Crippen LogP contribution in [0, 0.1) is 11.8 Å². The average molecular weight is 268 g/mol. The molecule has 0 aromatic heterocycles. The minimum Gasteiger partial charge on any atom is -0.375 e. The number of halogens is 7. The fraction of sp³-hybridized carbons (Fsp3) is 1.00. The molecule has 1 N–H and O–H groups in total. The van der Waals surface area contributed by atoms with E-state index in [0.717, 1.165) is 6.92 Å². The molecule has 0 bridgehead atoms. The highest BCUT2D eigenvalue weighted by molar-refractivity contribution is 5.18. The highest BCUT2D eigenvalue weighted by atomic mass is 19.4. The molecular weight excluding hydrogens is 257 g/mol. The Hall–Kier alpha value is -0.530. The summed E-state index contributed by atoms with van der Waals surface area (Å²) in [5, 5.41) is 9.17. The third kappa shape index (κ3) is 1.49. The van der Waals surface area contributed by atoms with E-state index < -0.39 is 41.9 Å². The molecule has 1 fully saturated rings. The number of rotatable bonds is 1. The molecule has 0 amide bonds. The topological polar surface area (TPSA) is 20.2 Å². The molecule has 3 atom stereocenters. The maximum absolute atomic E-state index is 13.4. The number of hydrogen-bond donors (Lipinski definition) is 1. The first kappa shape index (κ1) is 14.5.